The maximum Gasteiger partial charge on any atom is 0.278 e. The van der Waals surface area contributed by atoms with Crippen LogP contribution in [0, 0.1) is 5.41 Å². The Bertz CT molecular complexity index is 239. The molecule has 8 heteroatoms. The topological polar surface area (TPSA) is 127 Å². The Labute approximate surface area is 82.1 Å². The molecule has 0 aromatic heterocycles. The minimum absolute atomic E-state index is 0.115. The molecule has 86 valence electrons. The van der Waals surface area contributed by atoms with Crippen LogP contribution >= 0.6 is 0 Å². The van der Waals surface area contributed by atoms with Gasteiger partial charge in [-0.3, -0.25) is 4.55 Å². The second-order valence-corrected chi connectivity index (χ2v) is 4.58. The number of aliphatic hydroxyl groups excluding tert-OH is 3. The molecule has 5 N–H and O–H groups in total. The van der Waals surface area contributed by atoms with Crippen LogP contribution in [-0.2, 0) is 10.1 Å². The van der Waals surface area contributed by atoms with E-state index >= 15 is 0 Å². The van der Waals surface area contributed by atoms with Crippen LogP contribution in [0.3, 0.4) is 0 Å². The molecule has 0 spiro atoms. The number of hydrogen-bond donors (Lipinski definition) is 5. The standard InChI is InChI=1S/C6H15NO6S/c8-2-6(3-9,4-10)1-7-5-14(11,12)13/h7-10H,1-5H2,(H,11,12,13). The molecule has 7 nitrogen and oxygen atoms in total. The van der Waals surface area contributed by atoms with E-state index in [9.17, 15) is 8.42 Å². The summed E-state index contributed by atoms with van der Waals surface area (Å²) < 4.78 is 28.9. The van der Waals surface area contributed by atoms with Crippen molar-refractivity contribution in [2.45, 2.75) is 0 Å². The molecule has 0 aliphatic heterocycles. The van der Waals surface area contributed by atoms with Gasteiger partial charge in [0, 0.05) is 6.54 Å². The molecule has 0 radical (unpaired) electrons. The van der Waals surface area contributed by atoms with Gasteiger partial charge >= 0.3 is 0 Å². The van der Waals surface area contributed by atoms with Crippen LogP contribution in [0.15, 0.2) is 0 Å². The van der Waals surface area contributed by atoms with Crippen molar-refractivity contribution >= 4 is 10.1 Å². The van der Waals surface area contributed by atoms with E-state index < -0.39 is 41.2 Å². The first-order chi connectivity index (χ1) is 6.39. The molecule has 0 unspecified atom stereocenters. The molecular weight excluding hydrogens is 214 g/mol. The molecule has 14 heavy (non-hydrogen) atoms. The summed E-state index contributed by atoms with van der Waals surface area (Å²) >= 11 is 0. The lowest BCUT2D eigenvalue weighted by atomic mass is 9.91. The molecule has 0 heterocycles. The van der Waals surface area contributed by atoms with E-state index in [-0.39, 0.29) is 6.54 Å². The highest BCUT2D eigenvalue weighted by Gasteiger charge is 2.27. The van der Waals surface area contributed by atoms with Gasteiger partial charge in [-0.2, -0.15) is 8.42 Å². The zero-order chi connectivity index (χ0) is 11.2. The molecule has 0 bridgehead atoms. The monoisotopic (exact) mass is 229 g/mol. The first-order valence-corrected chi connectivity index (χ1v) is 5.48. The van der Waals surface area contributed by atoms with E-state index in [1.165, 1.54) is 0 Å². The molecule has 0 aliphatic rings. The van der Waals surface area contributed by atoms with Crippen molar-refractivity contribution in [3.63, 3.8) is 0 Å². The van der Waals surface area contributed by atoms with Crippen LogP contribution in [0.25, 0.3) is 0 Å². The SMILES string of the molecule is O=S(=O)(O)CNCC(CO)(CO)CO. The lowest BCUT2D eigenvalue weighted by Crippen LogP contribution is -2.44. The van der Waals surface area contributed by atoms with Gasteiger partial charge in [0.2, 0.25) is 0 Å². The quantitative estimate of drug-likeness (QED) is 0.302. The van der Waals surface area contributed by atoms with Crippen molar-refractivity contribution in [3.05, 3.63) is 0 Å². The second-order valence-electron chi connectivity index (χ2n) is 3.13. The van der Waals surface area contributed by atoms with Crippen LogP contribution in [0.5, 0.6) is 0 Å². The fourth-order valence-corrected chi connectivity index (χ4v) is 1.12. The molecule has 0 saturated heterocycles. The van der Waals surface area contributed by atoms with Crippen LogP contribution < -0.4 is 5.32 Å². The maximum atomic E-state index is 10.3. The van der Waals surface area contributed by atoms with Crippen molar-refractivity contribution in [1.82, 2.24) is 5.32 Å². The van der Waals surface area contributed by atoms with Crippen molar-refractivity contribution in [2.75, 3.05) is 32.2 Å². The Balaban J connectivity index is 4.08. The van der Waals surface area contributed by atoms with E-state index in [1.54, 1.807) is 0 Å². The predicted octanol–water partition coefficient (Wildman–Crippen LogP) is -2.62. The Kier molecular flexibility index (Phi) is 5.49. The molecule has 0 aromatic carbocycles. The number of hydrogen-bond acceptors (Lipinski definition) is 6. The van der Waals surface area contributed by atoms with Gasteiger partial charge in [-0.15, -0.1) is 0 Å². The summed E-state index contributed by atoms with van der Waals surface area (Å²) in [6.07, 6.45) is 0. The van der Waals surface area contributed by atoms with Gasteiger partial charge in [0.25, 0.3) is 10.1 Å². The smallest absolute Gasteiger partial charge is 0.278 e. The Hall–Kier alpha value is -0.250. The molecule has 0 saturated carbocycles. The Morgan fingerprint density at radius 2 is 1.50 bits per heavy atom. The summed E-state index contributed by atoms with van der Waals surface area (Å²) in [5.74, 6) is -0.686. The van der Waals surface area contributed by atoms with Gasteiger partial charge in [-0.1, -0.05) is 0 Å². The van der Waals surface area contributed by atoms with Gasteiger partial charge in [0.15, 0.2) is 0 Å². The second kappa shape index (κ2) is 5.59. The zero-order valence-electron chi connectivity index (χ0n) is 7.55. The fourth-order valence-electron chi connectivity index (χ4n) is 0.763. The lowest BCUT2D eigenvalue weighted by molar-refractivity contribution is 0.00726. The number of aliphatic hydroxyl groups is 3. The largest absolute Gasteiger partial charge is 0.396 e. The first kappa shape index (κ1) is 13.8. The number of rotatable bonds is 7. The van der Waals surface area contributed by atoms with Crippen molar-refractivity contribution in [3.8, 4) is 0 Å². The van der Waals surface area contributed by atoms with E-state index in [4.69, 9.17) is 19.9 Å². The van der Waals surface area contributed by atoms with Crippen LogP contribution in [-0.4, -0.2) is 60.5 Å². The van der Waals surface area contributed by atoms with E-state index in [0.717, 1.165) is 0 Å². The molecule has 0 fully saturated rings. The van der Waals surface area contributed by atoms with E-state index in [0.29, 0.717) is 0 Å². The van der Waals surface area contributed by atoms with E-state index in [2.05, 4.69) is 5.32 Å². The third kappa shape index (κ3) is 4.84. The lowest BCUT2D eigenvalue weighted by Gasteiger charge is -2.27. The van der Waals surface area contributed by atoms with E-state index in [1.807, 2.05) is 0 Å². The van der Waals surface area contributed by atoms with Crippen LogP contribution in [0.2, 0.25) is 0 Å². The van der Waals surface area contributed by atoms with Crippen molar-refractivity contribution in [1.29, 1.82) is 0 Å². The van der Waals surface area contributed by atoms with Gasteiger partial charge in [0.1, 0.15) is 5.88 Å². The summed E-state index contributed by atoms with van der Waals surface area (Å²) in [6, 6.07) is 0. The van der Waals surface area contributed by atoms with Crippen LogP contribution in [0.4, 0.5) is 0 Å². The average molecular weight is 229 g/mol. The van der Waals surface area contributed by atoms with Crippen LogP contribution in [0.1, 0.15) is 0 Å². The highest BCUT2D eigenvalue weighted by Crippen LogP contribution is 2.12. The predicted molar refractivity (Wildman–Crippen MR) is 48.1 cm³/mol. The molecule has 0 aliphatic carbocycles. The maximum absolute atomic E-state index is 10.3. The van der Waals surface area contributed by atoms with Gasteiger partial charge in [-0.05, 0) is 0 Å². The van der Waals surface area contributed by atoms with Gasteiger partial charge in [0.05, 0.1) is 25.2 Å². The van der Waals surface area contributed by atoms with Crippen molar-refractivity contribution in [2.24, 2.45) is 5.41 Å². The normalized spacial score (nSPS) is 13.1. The molecule has 0 rings (SSSR count). The summed E-state index contributed by atoms with van der Waals surface area (Å²) in [5.41, 5.74) is -1.18. The zero-order valence-corrected chi connectivity index (χ0v) is 8.37. The summed E-state index contributed by atoms with van der Waals surface area (Å²) in [5, 5.41) is 28.8. The van der Waals surface area contributed by atoms with Gasteiger partial charge < -0.3 is 20.6 Å². The summed E-state index contributed by atoms with van der Waals surface area (Å²) in [4.78, 5) is 0. The van der Waals surface area contributed by atoms with Crippen molar-refractivity contribution < 1.29 is 28.3 Å². The molecule has 0 atom stereocenters. The molecule has 0 amide bonds. The highest BCUT2D eigenvalue weighted by atomic mass is 32.2. The van der Waals surface area contributed by atoms with Gasteiger partial charge in [-0.25, -0.2) is 0 Å². The minimum Gasteiger partial charge on any atom is -0.396 e. The first-order valence-electron chi connectivity index (χ1n) is 3.87. The molecular formula is C6H15NO6S. The average Bonchev–Trinajstić information content (AvgIpc) is 2.11. The minimum atomic E-state index is -4.13. The third-order valence-electron chi connectivity index (χ3n) is 1.79. The molecule has 0 aromatic rings. The number of nitrogens with one attached hydrogen (secondary N) is 1. The third-order valence-corrected chi connectivity index (χ3v) is 2.36. The highest BCUT2D eigenvalue weighted by molar-refractivity contribution is 7.85. The summed E-state index contributed by atoms with van der Waals surface area (Å²) in [7, 11) is -4.13. The Morgan fingerprint density at radius 1 is 1.07 bits per heavy atom. The summed E-state index contributed by atoms with van der Waals surface area (Å²) in [6.45, 7) is -1.58. The fraction of sp³-hybridized carbons (Fsp3) is 1.00. The Morgan fingerprint density at radius 3 is 1.79 bits per heavy atom.